The normalized spacial score (nSPS) is 30.4. The van der Waals surface area contributed by atoms with E-state index in [1.165, 1.54) is 11.9 Å². The van der Waals surface area contributed by atoms with Crippen molar-refractivity contribution in [3.63, 3.8) is 0 Å². The molecule has 25 heavy (non-hydrogen) atoms. The lowest BCUT2D eigenvalue weighted by Gasteiger charge is -2.38. The van der Waals surface area contributed by atoms with Gasteiger partial charge in [0.25, 0.3) is 0 Å². The van der Waals surface area contributed by atoms with Crippen molar-refractivity contribution in [1.29, 1.82) is 0 Å². The van der Waals surface area contributed by atoms with Gasteiger partial charge < -0.3 is 4.90 Å². The minimum Gasteiger partial charge on any atom is -0.353 e. The van der Waals surface area contributed by atoms with Crippen LogP contribution in [0.15, 0.2) is 30.3 Å². The number of carbonyl (C=O) groups excluding carboxylic acids is 3. The second-order valence-electron chi connectivity index (χ2n) is 8.16. The first kappa shape index (κ1) is 16.1. The van der Waals surface area contributed by atoms with Crippen LogP contribution in [0.25, 0.3) is 6.08 Å². The number of amides is 2. The molecule has 0 radical (unpaired) electrons. The van der Waals surface area contributed by atoms with Crippen LogP contribution in [-0.2, 0) is 14.4 Å². The number of Topliss-reactive ketones (excluding diaryl/α,β-unsaturated/α-hetero) is 1. The topological polar surface area (TPSA) is 57.7 Å². The Balaban J connectivity index is 1.91. The van der Waals surface area contributed by atoms with Crippen LogP contribution in [0.2, 0.25) is 0 Å². The summed E-state index contributed by atoms with van der Waals surface area (Å²) in [4.78, 5) is 42.0. The SMILES string of the molecule is CN1C(=O)[C@@H]2[C@H](C1=O)[C@H](C(=O)C(C)(C)C)N1c3ccccc3C=C[C@H]21. The average Bonchev–Trinajstić information content (AvgIpc) is 3.03. The molecule has 2 fully saturated rings. The van der Waals surface area contributed by atoms with Gasteiger partial charge in [-0.2, -0.15) is 0 Å². The van der Waals surface area contributed by atoms with E-state index in [-0.39, 0.29) is 23.6 Å². The number of fused-ring (bicyclic) bond motifs is 5. The number of para-hydroxylation sites is 1. The van der Waals surface area contributed by atoms with Gasteiger partial charge in [0.1, 0.15) is 6.04 Å². The van der Waals surface area contributed by atoms with E-state index in [2.05, 4.69) is 0 Å². The summed E-state index contributed by atoms with van der Waals surface area (Å²) in [7, 11) is 1.52. The highest BCUT2D eigenvalue weighted by atomic mass is 16.2. The third-order valence-electron chi connectivity index (χ3n) is 5.64. The van der Waals surface area contributed by atoms with Crippen molar-refractivity contribution in [3.8, 4) is 0 Å². The second kappa shape index (κ2) is 5.04. The molecule has 0 bridgehead atoms. The van der Waals surface area contributed by atoms with Crippen LogP contribution in [0.4, 0.5) is 5.69 Å². The van der Waals surface area contributed by atoms with E-state index in [1.54, 1.807) is 0 Å². The highest BCUT2D eigenvalue weighted by molar-refractivity contribution is 6.11. The lowest BCUT2D eigenvalue weighted by Crippen LogP contribution is -2.51. The fourth-order valence-electron chi connectivity index (χ4n) is 4.41. The maximum atomic E-state index is 13.3. The van der Waals surface area contributed by atoms with Crippen molar-refractivity contribution in [2.75, 3.05) is 11.9 Å². The molecule has 3 heterocycles. The Hall–Kier alpha value is -2.43. The minimum absolute atomic E-state index is 0.00607. The monoisotopic (exact) mass is 338 g/mol. The largest absolute Gasteiger partial charge is 0.353 e. The smallest absolute Gasteiger partial charge is 0.235 e. The van der Waals surface area contributed by atoms with Crippen molar-refractivity contribution in [1.82, 2.24) is 4.90 Å². The summed E-state index contributed by atoms with van der Waals surface area (Å²) in [6.45, 7) is 5.61. The molecule has 5 nitrogen and oxygen atoms in total. The zero-order valence-corrected chi connectivity index (χ0v) is 14.9. The van der Waals surface area contributed by atoms with Gasteiger partial charge in [0.15, 0.2) is 5.78 Å². The van der Waals surface area contributed by atoms with E-state index < -0.39 is 23.3 Å². The summed E-state index contributed by atoms with van der Waals surface area (Å²) in [5, 5.41) is 0. The number of hydrogen-bond donors (Lipinski definition) is 0. The van der Waals surface area contributed by atoms with Crippen LogP contribution < -0.4 is 4.90 Å². The molecule has 3 aliphatic heterocycles. The molecule has 0 aliphatic carbocycles. The minimum atomic E-state index is -0.609. The second-order valence-corrected chi connectivity index (χ2v) is 8.16. The third kappa shape index (κ3) is 2.04. The molecule has 0 saturated carbocycles. The maximum absolute atomic E-state index is 13.3. The Morgan fingerprint density at radius 1 is 1.04 bits per heavy atom. The number of nitrogens with zero attached hydrogens (tertiary/aromatic N) is 2. The molecule has 0 N–H and O–H groups in total. The maximum Gasteiger partial charge on any atom is 0.235 e. The number of rotatable bonds is 1. The average molecular weight is 338 g/mol. The van der Waals surface area contributed by atoms with Crippen molar-refractivity contribution in [2.24, 2.45) is 17.3 Å². The number of benzene rings is 1. The first-order chi connectivity index (χ1) is 11.7. The van der Waals surface area contributed by atoms with Gasteiger partial charge in [0.2, 0.25) is 11.8 Å². The van der Waals surface area contributed by atoms with Gasteiger partial charge in [-0.1, -0.05) is 51.1 Å². The number of likely N-dealkylation sites (tertiary alicyclic amines) is 1. The van der Waals surface area contributed by atoms with Gasteiger partial charge in [-0.25, -0.2) is 0 Å². The molecule has 130 valence electrons. The lowest BCUT2D eigenvalue weighted by molar-refractivity contribution is -0.140. The van der Waals surface area contributed by atoms with E-state index in [0.717, 1.165) is 11.3 Å². The van der Waals surface area contributed by atoms with Gasteiger partial charge >= 0.3 is 0 Å². The van der Waals surface area contributed by atoms with Gasteiger partial charge in [-0.05, 0) is 11.6 Å². The van der Waals surface area contributed by atoms with Gasteiger partial charge in [-0.15, -0.1) is 0 Å². The van der Waals surface area contributed by atoms with E-state index in [4.69, 9.17) is 0 Å². The molecule has 0 aromatic heterocycles. The summed E-state index contributed by atoms with van der Waals surface area (Å²) in [6, 6.07) is 6.97. The van der Waals surface area contributed by atoms with E-state index in [9.17, 15) is 14.4 Å². The fourth-order valence-corrected chi connectivity index (χ4v) is 4.41. The molecule has 2 amide bonds. The van der Waals surface area contributed by atoms with Crippen LogP contribution >= 0.6 is 0 Å². The van der Waals surface area contributed by atoms with Crippen molar-refractivity contribution in [3.05, 3.63) is 35.9 Å². The summed E-state index contributed by atoms with van der Waals surface area (Å²) < 4.78 is 0. The molecule has 3 aliphatic rings. The number of anilines is 1. The Labute approximate surface area is 147 Å². The van der Waals surface area contributed by atoms with Crippen LogP contribution in [0.1, 0.15) is 26.3 Å². The number of imide groups is 1. The predicted octanol–water partition coefficient (Wildman–Crippen LogP) is 2.12. The van der Waals surface area contributed by atoms with E-state index in [1.807, 2.05) is 62.1 Å². The molecule has 1 aromatic carbocycles. The quantitative estimate of drug-likeness (QED) is 0.736. The van der Waals surface area contributed by atoms with Gasteiger partial charge in [-0.3, -0.25) is 19.3 Å². The molecule has 4 atom stereocenters. The fraction of sp³-hybridized carbons (Fsp3) is 0.450. The van der Waals surface area contributed by atoms with Crippen molar-refractivity contribution >= 4 is 29.4 Å². The van der Waals surface area contributed by atoms with Crippen LogP contribution in [0.3, 0.4) is 0 Å². The van der Waals surface area contributed by atoms with Gasteiger partial charge in [0, 0.05) is 18.2 Å². The molecule has 1 aromatic rings. The standard InChI is InChI=1S/C20H22N2O3/c1-20(2,3)17(23)16-15-14(18(24)21(4)19(15)25)13-10-9-11-7-5-6-8-12(11)22(13)16/h5-10,13-16H,1-4H3/t13-,14+,15+,16-/m1/s1. The molecule has 0 unspecified atom stereocenters. The molecular formula is C20H22N2O3. The summed E-state index contributed by atoms with van der Waals surface area (Å²) >= 11 is 0. The highest BCUT2D eigenvalue weighted by Crippen LogP contribution is 2.49. The highest BCUT2D eigenvalue weighted by Gasteiger charge is 2.63. The Morgan fingerprint density at radius 2 is 1.68 bits per heavy atom. The summed E-state index contributed by atoms with van der Waals surface area (Å²) in [6.07, 6.45) is 3.97. The van der Waals surface area contributed by atoms with Crippen molar-refractivity contribution in [2.45, 2.75) is 32.9 Å². The molecule has 5 heteroatoms. The molecule has 2 saturated heterocycles. The van der Waals surface area contributed by atoms with Crippen LogP contribution in [-0.4, -0.2) is 41.6 Å². The number of hydrogen-bond acceptors (Lipinski definition) is 4. The Kier molecular flexibility index (Phi) is 3.24. The number of carbonyl (C=O) groups is 3. The Morgan fingerprint density at radius 3 is 2.36 bits per heavy atom. The zero-order chi connectivity index (χ0) is 18.1. The first-order valence-electron chi connectivity index (χ1n) is 8.65. The molecule has 0 spiro atoms. The molecule has 4 rings (SSSR count). The van der Waals surface area contributed by atoms with Gasteiger partial charge in [0.05, 0.1) is 17.9 Å². The zero-order valence-electron chi connectivity index (χ0n) is 14.9. The summed E-state index contributed by atoms with van der Waals surface area (Å²) in [5.74, 6) is -1.51. The first-order valence-corrected chi connectivity index (χ1v) is 8.65. The van der Waals surface area contributed by atoms with E-state index >= 15 is 0 Å². The Bertz CT molecular complexity index is 820. The third-order valence-corrected chi connectivity index (χ3v) is 5.64. The predicted molar refractivity (Wildman–Crippen MR) is 94.8 cm³/mol. The lowest BCUT2D eigenvalue weighted by atomic mass is 9.79. The van der Waals surface area contributed by atoms with Crippen molar-refractivity contribution < 1.29 is 14.4 Å². The van der Waals surface area contributed by atoms with Crippen LogP contribution in [0.5, 0.6) is 0 Å². The van der Waals surface area contributed by atoms with Crippen LogP contribution in [0, 0.1) is 17.3 Å². The van der Waals surface area contributed by atoms with E-state index in [0.29, 0.717) is 0 Å². The number of ketones is 1. The molecular weight excluding hydrogens is 316 g/mol. The summed E-state index contributed by atoms with van der Waals surface area (Å²) in [5.41, 5.74) is 1.35.